The molecule has 1 aliphatic heterocycles. The summed E-state index contributed by atoms with van der Waals surface area (Å²) in [4.78, 5) is 1.89. The molecular weight excluding hydrogens is 237 g/mol. The molecule has 0 radical (unpaired) electrons. The van der Waals surface area contributed by atoms with Crippen LogP contribution in [-0.4, -0.2) is 48.3 Å². The summed E-state index contributed by atoms with van der Waals surface area (Å²) in [5.41, 5.74) is 5.72. The number of piperidine rings is 1. The van der Waals surface area contributed by atoms with E-state index in [2.05, 4.69) is 0 Å². The van der Waals surface area contributed by atoms with Gasteiger partial charge in [0.2, 0.25) is 0 Å². The lowest BCUT2D eigenvalue weighted by Crippen LogP contribution is -2.47. The van der Waals surface area contributed by atoms with Crippen molar-refractivity contribution in [3.8, 4) is 0 Å². The SMILES string of the molecule is CSC1(CN)CCN(CCC(F)(F)F)CC1. The van der Waals surface area contributed by atoms with Crippen molar-refractivity contribution >= 4 is 11.8 Å². The van der Waals surface area contributed by atoms with Gasteiger partial charge in [0, 0.05) is 17.8 Å². The van der Waals surface area contributed by atoms with Crippen molar-refractivity contribution in [2.24, 2.45) is 5.73 Å². The van der Waals surface area contributed by atoms with Crippen LogP contribution in [-0.2, 0) is 0 Å². The van der Waals surface area contributed by atoms with Crippen LogP contribution < -0.4 is 5.73 Å². The zero-order valence-electron chi connectivity index (χ0n) is 9.52. The zero-order chi connectivity index (χ0) is 12.2. The Morgan fingerprint density at radius 1 is 1.31 bits per heavy atom. The summed E-state index contributed by atoms with van der Waals surface area (Å²) < 4.78 is 36.2. The van der Waals surface area contributed by atoms with Crippen LogP contribution in [0.2, 0.25) is 0 Å². The maximum Gasteiger partial charge on any atom is 0.390 e. The molecule has 1 saturated heterocycles. The molecule has 0 unspecified atom stereocenters. The van der Waals surface area contributed by atoms with Crippen molar-refractivity contribution in [2.75, 3.05) is 32.4 Å². The number of hydrogen-bond donors (Lipinski definition) is 1. The van der Waals surface area contributed by atoms with E-state index in [4.69, 9.17) is 5.73 Å². The normalized spacial score (nSPS) is 22.3. The number of nitrogens with zero attached hydrogens (tertiary/aromatic N) is 1. The molecule has 0 saturated carbocycles. The van der Waals surface area contributed by atoms with Gasteiger partial charge in [0.05, 0.1) is 6.42 Å². The number of alkyl halides is 3. The number of likely N-dealkylation sites (tertiary alicyclic amines) is 1. The van der Waals surface area contributed by atoms with Gasteiger partial charge in [-0.1, -0.05) is 0 Å². The highest BCUT2D eigenvalue weighted by atomic mass is 32.2. The first-order valence-electron chi connectivity index (χ1n) is 5.45. The molecule has 0 aromatic heterocycles. The molecule has 2 N–H and O–H groups in total. The highest BCUT2D eigenvalue weighted by molar-refractivity contribution is 8.00. The van der Waals surface area contributed by atoms with Crippen LogP contribution in [0.3, 0.4) is 0 Å². The fraction of sp³-hybridized carbons (Fsp3) is 1.00. The van der Waals surface area contributed by atoms with E-state index in [-0.39, 0.29) is 11.3 Å². The van der Waals surface area contributed by atoms with Crippen molar-refractivity contribution in [2.45, 2.75) is 30.2 Å². The second-order valence-electron chi connectivity index (χ2n) is 4.30. The van der Waals surface area contributed by atoms with Crippen LogP contribution in [0.15, 0.2) is 0 Å². The predicted molar refractivity (Wildman–Crippen MR) is 61.6 cm³/mol. The minimum absolute atomic E-state index is 0.0920. The molecule has 16 heavy (non-hydrogen) atoms. The average Bonchev–Trinajstić information content (AvgIpc) is 2.26. The van der Waals surface area contributed by atoms with Crippen molar-refractivity contribution in [3.05, 3.63) is 0 Å². The third-order valence-electron chi connectivity index (χ3n) is 3.28. The molecule has 0 aliphatic carbocycles. The first-order valence-corrected chi connectivity index (χ1v) is 6.68. The Kier molecular flexibility index (Phi) is 4.94. The Hall–Kier alpha value is 0.0600. The Morgan fingerprint density at radius 3 is 2.25 bits per heavy atom. The Morgan fingerprint density at radius 2 is 1.88 bits per heavy atom. The molecule has 96 valence electrons. The monoisotopic (exact) mass is 256 g/mol. The van der Waals surface area contributed by atoms with E-state index < -0.39 is 12.6 Å². The smallest absolute Gasteiger partial charge is 0.329 e. The summed E-state index contributed by atoms with van der Waals surface area (Å²) in [5.74, 6) is 0. The van der Waals surface area contributed by atoms with Crippen LogP contribution in [0.1, 0.15) is 19.3 Å². The Balaban J connectivity index is 2.32. The van der Waals surface area contributed by atoms with E-state index in [1.165, 1.54) is 0 Å². The lowest BCUT2D eigenvalue weighted by Gasteiger charge is -2.40. The van der Waals surface area contributed by atoms with Gasteiger partial charge >= 0.3 is 6.18 Å². The van der Waals surface area contributed by atoms with Gasteiger partial charge in [-0.25, -0.2) is 0 Å². The lowest BCUT2D eigenvalue weighted by molar-refractivity contribution is -0.138. The average molecular weight is 256 g/mol. The quantitative estimate of drug-likeness (QED) is 0.835. The van der Waals surface area contributed by atoms with E-state index in [9.17, 15) is 13.2 Å². The minimum Gasteiger partial charge on any atom is -0.329 e. The first kappa shape index (κ1) is 14.1. The third kappa shape index (κ3) is 4.14. The summed E-state index contributed by atoms with van der Waals surface area (Å²) in [6.45, 7) is 2.20. The second kappa shape index (κ2) is 5.60. The molecule has 0 atom stereocenters. The highest BCUT2D eigenvalue weighted by Crippen LogP contribution is 2.33. The molecule has 1 rings (SSSR count). The standard InChI is InChI=1S/C10H19F3N2S/c1-16-9(8-14)2-5-15(6-3-9)7-4-10(11,12)13/h2-8,14H2,1H3. The molecule has 0 spiro atoms. The van der Waals surface area contributed by atoms with E-state index in [0.717, 1.165) is 25.9 Å². The number of nitrogens with two attached hydrogens (primary N) is 1. The molecule has 0 aromatic carbocycles. The third-order valence-corrected chi connectivity index (χ3v) is 4.72. The summed E-state index contributed by atoms with van der Waals surface area (Å²) >= 11 is 1.74. The van der Waals surface area contributed by atoms with Gasteiger partial charge in [-0.15, -0.1) is 0 Å². The first-order chi connectivity index (χ1) is 7.41. The maximum atomic E-state index is 12.0. The summed E-state index contributed by atoms with van der Waals surface area (Å²) in [6, 6.07) is 0. The fourth-order valence-electron chi connectivity index (χ4n) is 1.96. The highest BCUT2D eigenvalue weighted by Gasteiger charge is 2.34. The Bertz CT molecular complexity index is 207. The molecule has 2 nitrogen and oxygen atoms in total. The number of rotatable bonds is 4. The van der Waals surface area contributed by atoms with E-state index in [1.807, 2.05) is 11.2 Å². The van der Waals surface area contributed by atoms with Crippen molar-refractivity contribution in [1.82, 2.24) is 4.90 Å². The van der Waals surface area contributed by atoms with Gasteiger partial charge in [0.25, 0.3) is 0 Å². The second-order valence-corrected chi connectivity index (χ2v) is 5.57. The molecule has 6 heteroatoms. The minimum atomic E-state index is -4.04. The van der Waals surface area contributed by atoms with Crippen molar-refractivity contribution in [3.63, 3.8) is 0 Å². The van der Waals surface area contributed by atoms with Gasteiger partial charge in [-0.3, -0.25) is 0 Å². The maximum absolute atomic E-state index is 12.0. The van der Waals surface area contributed by atoms with Crippen LogP contribution in [0.4, 0.5) is 13.2 Å². The number of thioether (sulfide) groups is 1. The van der Waals surface area contributed by atoms with Crippen LogP contribution in [0.5, 0.6) is 0 Å². The summed E-state index contributed by atoms with van der Waals surface area (Å²) in [7, 11) is 0. The number of hydrogen-bond acceptors (Lipinski definition) is 3. The van der Waals surface area contributed by atoms with Gasteiger partial charge in [0.15, 0.2) is 0 Å². The molecule has 0 bridgehead atoms. The fourth-order valence-corrected chi connectivity index (χ4v) is 2.72. The van der Waals surface area contributed by atoms with Crippen molar-refractivity contribution in [1.29, 1.82) is 0 Å². The summed E-state index contributed by atoms with van der Waals surface area (Å²) in [5, 5.41) is 0. The van der Waals surface area contributed by atoms with Crippen LogP contribution >= 0.6 is 11.8 Å². The Labute approximate surface area is 98.7 Å². The molecule has 0 amide bonds. The zero-order valence-corrected chi connectivity index (χ0v) is 10.3. The van der Waals surface area contributed by atoms with Gasteiger partial charge < -0.3 is 10.6 Å². The molecule has 1 heterocycles. The molecule has 1 aliphatic rings. The van der Waals surface area contributed by atoms with E-state index in [1.54, 1.807) is 11.8 Å². The van der Waals surface area contributed by atoms with Gasteiger partial charge in [0.1, 0.15) is 0 Å². The molecule has 1 fully saturated rings. The predicted octanol–water partition coefficient (Wildman–Crippen LogP) is 2.10. The molecular formula is C10H19F3N2S. The van der Waals surface area contributed by atoms with Crippen LogP contribution in [0.25, 0.3) is 0 Å². The van der Waals surface area contributed by atoms with Gasteiger partial charge in [-0.05, 0) is 32.2 Å². The largest absolute Gasteiger partial charge is 0.390 e. The van der Waals surface area contributed by atoms with E-state index >= 15 is 0 Å². The summed E-state index contributed by atoms with van der Waals surface area (Å²) in [6.07, 6.45) is -0.937. The van der Waals surface area contributed by atoms with Crippen LogP contribution in [0, 0.1) is 0 Å². The van der Waals surface area contributed by atoms with Gasteiger partial charge in [-0.2, -0.15) is 24.9 Å². The van der Waals surface area contributed by atoms with E-state index in [0.29, 0.717) is 6.54 Å². The molecule has 0 aromatic rings. The number of halogens is 3. The lowest BCUT2D eigenvalue weighted by atomic mass is 9.95. The van der Waals surface area contributed by atoms with Crippen molar-refractivity contribution < 1.29 is 13.2 Å². The topological polar surface area (TPSA) is 29.3 Å².